The van der Waals surface area contributed by atoms with Crippen LogP contribution < -0.4 is 9.64 Å². The largest absolute Gasteiger partial charge is 0.453 e. The molecule has 35 heavy (non-hydrogen) atoms. The molecule has 164 valence electrons. The van der Waals surface area contributed by atoms with E-state index in [0.29, 0.717) is 5.89 Å². The van der Waals surface area contributed by atoms with Crippen molar-refractivity contribution in [2.24, 2.45) is 0 Å². The Morgan fingerprint density at radius 1 is 0.600 bits per heavy atom. The lowest BCUT2D eigenvalue weighted by Crippen LogP contribution is -2.15. The number of benzene rings is 5. The highest BCUT2D eigenvalue weighted by molar-refractivity contribution is 6.13. The first kappa shape index (κ1) is 18.6. The van der Waals surface area contributed by atoms with Gasteiger partial charge in [0.15, 0.2) is 17.3 Å². The topological polar surface area (TPSA) is 38.5 Å². The molecule has 2 heterocycles. The Morgan fingerprint density at radius 3 is 1.97 bits per heavy atom. The summed E-state index contributed by atoms with van der Waals surface area (Å²) < 4.78 is 12.5. The highest BCUT2D eigenvalue weighted by atomic mass is 16.5. The third-order valence-electron chi connectivity index (χ3n) is 6.84. The molecule has 1 aliphatic heterocycles. The molecule has 0 saturated carbocycles. The minimum atomic E-state index is 0.635. The number of rotatable bonds is 2. The van der Waals surface area contributed by atoms with Gasteiger partial charge in [0.05, 0.1) is 11.4 Å². The van der Waals surface area contributed by atoms with E-state index >= 15 is 0 Å². The molecule has 4 nitrogen and oxygen atoms in total. The van der Waals surface area contributed by atoms with Gasteiger partial charge in [0, 0.05) is 27.8 Å². The molecule has 8 rings (SSSR count). The maximum absolute atomic E-state index is 6.34. The first-order valence-electron chi connectivity index (χ1n) is 11.6. The molecule has 1 aromatic heterocycles. The van der Waals surface area contributed by atoms with E-state index in [9.17, 15) is 0 Å². The molecule has 0 radical (unpaired) electrons. The zero-order chi connectivity index (χ0) is 22.9. The number of ether oxygens (including phenoxy) is 1. The number of aromatic nitrogens is 1. The summed E-state index contributed by atoms with van der Waals surface area (Å²) in [4.78, 5) is 7.14. The lowest BCUT2D eigenvalue weighted by Gasteiger charge is -2.32. The minimum Gasteiger partial charge on any atom is -0.453 e. The second-order valence-electron chi connectivity index (χ2n) is 8.83. The van der Waals surface area contributed by atoms with Crippen LogP contribution in [-0.2, 0) is 0 Å². The van der Waals surface area contributed by atoms with Crippen molar-refractivity contribution in [1.29, 1.82) is 0 Å². The molecule has 0 N–H and O–H groups in total. The smallest absolute Gasteiger partial charge is 0.227 e. The molecule has 0 saturated heterocycles. The van der Waals surface area contributed by atoms with Gasteiger partial charge in [-0.25, -0.2) is 4.98 Å². The summed E-state index contributed by atoms with van der Waals surface area (Å²) in [7, 11) is 0. The van der Waals surface area contributed by atoms with Crippen LogP contribution in [0.3, 0.4) is 0 Å². The molecule has 6 aromatic rings. The fourth-order valence-corrected chi connectivity index (χ4v) is 5.27. The van der Waals surface area contributed by atoms with Crippen LogP contribution in [0, 0.1) is 0 Å². The van der Waals surface area contributed by atoms with E-state index in [1.807, 2.05) is 36.4 Å². The van der Waals surface area contributed by atoms with Crippen LogP contribution in [0.25, 0.3) is 44.8 Å². The summed E-state index contributed by atoms with van der Waals surface area (Å²) >= 11 is 0. The second kappa shape index (κ2) is 6.84. The summed E-state index contributed by atoms with van der Waals surface area (Å²) in [5.74, 6) is 3.17. The molecule has 0 fully saturated rings. The van der Waals surface area contributed by atoms with E-state index < -0.39 is 0 Å². The molecule has 1 aliphatic carbocycles. The van der Waals surface area contributed by atoms with Crippen molar-refractivity contribution in [2.45, 2.75) is 0 Å². The van der Waals surface area contributed by atoms with Gasteiger partial charge in [-0.15, -0.1) is 0 Å². The molecule has 4 heteroatoms. The molecular weight excluding hydrogens is 432 g/mol. The van der Waals surface area contributed by atoms with Crippen LogP contribution in [-0.4, -0.2) is 4.98 Å². The van der Waals surface area contributed by atoms with E-state index in [-0.39, 0.29) is 0 Å². The fourth-order valence-electron chi connectivity index (χ4n) is 5.27. The molecule has 0 atom stereocenters. The Morgan fingerprint density at radius 2 is 1.26 bits per heavy atom. The maximum Gasteiger partial charge on any atom is 0.227 e. The first-order chi connectivity index (χ1) is 17.3. The number of oxazole rings is 1. The van der Waals surface area contributed by atoms with Crippen molar-refractivity contribution in [3.8, 4) is 45.5 Å². The van der Waals surface area contributed by atoms with Gasteiger partial charge in [0.1, 0.15) is 5.69 Å². The lowest BCUT2D eigenvalue weighted by molar-refractivity contribution is 0.477. The standard InChI is InChI=1S/C31H18N2O2/c1-3-13-26-24(11-1)33(25-12-2-4-14-27(25)34-26)21-17-15-20(16-18-21)31-32-29-22-9-5-7-19-8-6-10-23(28(19)22)30(29)35-31/h1-18H. The van der Waals surface area contributed by atoms with Crippen molar-refractivity contribution in [3.63, 3.8) is 0 Å². The molecule has 0 spiro atoms. The zero-order valence-electron chi connectivity index (χ0n) is 18.6. The van der Waals surface area contributed by atoms with Crippen molar-refractivity contribution < 1.29 is 9.15 Å². The predicted molar refractivity (Wildman–Crippen MR) is 139 cm³/mol. The van der Waals surface area contributed by atoms with Crippen LogP contribution >= 0.6 is 0 Å². The van der Waals surface area contributed by atoms with Crippen LogP contribution in [0.1, 0.15) is 0 Å². The van der Waals surface area contributed by atoms with Crippen LogP contribution in [0.4, 0.5) is 17.1 Å². The van der Waals surface area contributed by atoms with Gasteiger partial charge >= 0.3 is 0 Å². The first-order valence-corrected chi connectivity index (χ1v) is 11.6. The van der Waals surface area contributed by atoms with Crippen molar-refractivity contribution in [1.82, 2.24) is 4.98 Å². The van der Waals surface area contributed by atoms with Crippen molar-refractivity contribution >= 4 is 27.8 Å². The van der Waals surface area contributed by atoms with Crippen LogP contribution in [0.5, 0.6) is 11.5 Å². The zero-order valence-corrected chi connectivity index (χ0v) is 18.6. The Bertz CT molecular complexity index is 1680. The number of para-hydroxylation sites is 4. The van der Waals surface area contributed by atoms with Gasteiger partial charge in [-0.1, -0.05) is 60.7 Å². The van der Waals surface area contributed by atoms with E-state index in [1.54, 1.807) is 0 Å². The Hall–Kier alpha value is -4.83. The summed E-state index contributed by atoms with van der Waals surface area (Å²) in [6.45, 7) is 0. The molecule has 0 amide bonds. The van der Waals surface area contributed by atoms with Crippen LogP contribution in [0.2, 0.25) is 0 Å². The van der Waals surface area contributed by atoms with Crippen molar-refractivity contribution in [3.05, 3.63) is 109 Å². The second-order valence-corrected chi connectivity index (χ2v) is 8.83. The highest BCUT2D eigenvalue weighted by Gasteiger charge is 2.28. The Balaban J connectivity index is 1.21. The molecular formula is C31H18N2O2. The Labute approximate surface area is 201 Å². The number of hydrogen-bond donors (Lipinski definition) is 0. The lowest BCUT2D eigenvalue weighted by atomic mass is 10.0. The summed E-state index contributed by atoms with van der Waals surface area (Å²) in [6, 6.07) is 37.2. The summed E-state index contributed by atoms with van der Waals surface area (Å²) in [5, 5.41) is 2.44. The van der Waals surface area contributed by atoms with Gasteiger partial charge < -0.3 is 14.1 Å². The quantitative estimate of drug-likeness (QED) is 0.264. The summed E-state index contributed by atoms with van der Waals surface area (Å²) in [6.07, 6.45) is 0. The fraction of sp³-hybridized carbons (Fsp3) is 0. The molecule has 0 bridgehead atoms. The van der Waals surface area contributed by atoms with Crippen LogP contribution in [0.15, 0.2) is 114 Å². The number of hydrogen-bond acceptors (Lipinski definition) is 4. The predicted octanol–water partition coefficient (Wildman–Crippen LogP) is 8.72. The molecule has 0 unspecified atom stereocenters. The van der Waals surface area contributed by atoms with E-state index in [1.165, 1.54) is 10.8 Å². The third-order valence-corrected chi connectivity index (χ3v) is 6.84. The average Bonchev–Trinajstić information content (AvgIpc) is 3.48. The average molecular weight is 450 g/mol. The minimum absolute atomic E-state index is 0.635. The van der Waals surface area contributed by atoms with E-state index in [4.69, 9.17) is 14.1 Å². The van der Waals surface area contributed by atoms with Gasteiger partial charge in [-0.2, -0.15) is 0 Å². The number of nitrogens with zero attached hydrogens (tertiary/aromatic N) is 2. The Kier molecular flexibility index (Phi) is 3.63. The van der Waals surface area contributed by atoms with Gasteiger partial charge in [0.25, 0.3) is 0 Å². The monoisotopic (exact) mass is 450 g/mol. The van der Waals surface area contributed by atoms with E-state index in [2.05, 4.69) is 77.7 Å². The van der Waals surface area contributed by atoms with Crippen molar-refractivity contribution in [2.75, 3.05) is 4.90 Å². The highest BCUT2D eigenvalue weighted by Crippen LogP contribution is 2.51. The van der Waals surface area contributed by atoms with Gasteiger partial charge in [-0.05, 0) is 53.9 Å². The van der Waals surface area contributed by atoms with Gasteiger partial charge in [-0.3, -0.25) is 0 Å². The maximum atomic E-state index is 6.34. The number of anilines is 3. The SMILES string of the molecule is c1ccc2c(c1)Oc1ccccc1N2c1ccc(-c2nc3c(o2)-c2cccc4cccc-3c24)cc1. The number of fused-ring (bicyclic) bond motifs is 5. The van der Waals surface area contributed by atoms with E-state index in [0.717, 1.165) is 56.7 Å². The van der Waals surface area contributed by atoms with Gasteiger partial charge in [0.2, 0.25) is 5.89 Å². The molecule has 5 aromatic carbocycles. The molecule has 2 aliphatic rings. The normalized spacial score (nSPS) is 12.7. The third kappa shape index (κ3) is 2.59. The summed E-state index contributed by atoms with van der Waals surface area (Å²) in [5.41, 5.74) is 7.20.